The third-order valence-corrected chi connectivity index (χ3v) is 4.88. The zero-order valence-corrected chi connectivity index (χ0v) is 12.5. The van der Waals surface area contributed by atoms with E-state index in [9.17, 15) is 16.8 Å². The molecule has 8 heteroatoms. The molecule has 0 heterocycles. The normalized spacial score (nSPS) is 34.0. The fraction of sp³-hybridized carbons (Fsp3) is 0.818. The first-order valence-electron chi connectivity index (χ1n) is 6.03. The van der Waals surface area contributed by atoms with Gasteiger partial charge in [0, 0.05) is 0 Å². The van der Waals surface area contributed by atoms with Crippen LogP contribution in [0.2, 0.25) is 0 Å². The minimum Gasteiger partial charge on any atom is -0.270 e. The van der Waals surface area contributed by atoms with Crippen LogP contribution in [0.3, 0.4) is 0 Å². The van der Waals surface area contributed by atoms with E-state index in [4.69, 9.17) is 8.37 Å². The van der Waals surface area contributed by atoms with Crippen LogP contribution in [0.15, 0.2) is 12.2 Å². The maximum atomic E-state index is 11.1. The summed E-state index contributed by atoms with van der Waals surface area (Å²) >= 11 is 0. The van der Waals surface area contributed by atoms with Crippen LogP contribution in [-0.2, 0) is 28.6 Å². The van der Waals surface area contributed by atoms with E-state index in [1.807, 2.05) is 0 Å². The van der Waals surface area contributed by atoms with E-state index in [0.29, 0.717) is 0 Å². The number of rotatable bonds is 6. The first-order valence-corrected chi connectivity index (χ1v) is 9.66. The van der Waals surface area contributed by atoms with Crippen LogP contribution in [0.1, 0.15) is 6.42 Å². The predicted molar refractivity (Wildman–Crippen MR) is 69.3 cm³/mol. The Labute approximate surface area is 114 Å². The smallest absolute Gasteiger partial charge is 0.264 e. The molecule has 0 N–H and O–H groups in total. The molecule has 0 amide bonds. The summed E-state index contributed by atoms with van der Waals surface area (Å²) in [5.74, 6) is 0.484. The monoisotopic (exact) mass is 310 g/mol. The molecule has 2 rings (SSSR count). The van der Waals surface area contributed by atoms with Gasteiger partial charge >= 0.3 is 0 Å². The third-order valence-electron chi connectivity index (χ3n) is 3.75. The van der Waals surface area contributed by atoms with Crippen molar-refractivity contribution in [3.63, 3.8) is 0 Å². The van der Waals surface area contributed by atoms with Crippen molar-refractivity contribution in [2.24, 2.45) is 23.7 Å². The van der Waals surface area contributed by atoms with Crippen molar-refractivity contribution in [3.8, 4) is 0 Å². The van der Waals surface area contributed by atoms with E-state index < -0.39 is 20.2 Å². The van der Waals surface area contributed by atoms with Crippen LogP contribution < -0.4 is 0 Å². The Kier molecular flexibility index (Phi) is 4.06. The Morgan fingerprint density at radius 2 is 1.26 bits per heavy atom. The van der Waals surface area contributed by atoms with E-state index in [0.717, 1.165) is 18.9 Å². The molecule has 2 aliphatic carbocycles. The molecule has 110 valence electrons. The van der Waals surface area contributed by atoms with E-state index >= 15 is 0 Å². The molecule has 6 nitrogen and oxygen atoms in total. The number of hydrogen-bond acceptors (Lipinski definition) is 6. The van der Waals surface area contributed by atoms with Gasteiger partial charge < -0.3 is 0 Å². The van der Waals surface area contributed by atoms with Crippen LogP contribution in [-0.4, -0.2) is 42.6 Å². The molecule has 0 spiro atoms. The zero-order chi connectivity index (χ0) is 14.3. The second-order valence-corrected chi connectivity index (χ2v) is 8.54. The van der Waals surface area contributed by atoms with Crippen LogP contribution in [0.5, 0.6) is 0 Å². The molecular weight excluding hydrogens is 292 g/mol. The van der Waals surface area contributed by atoms with Crippen LogP contribution in [0.4, 0.5) is 0 Å². The second kappa shape index (κ2) is 5.16. The minimum absolute atomic E-state index is 0.00789. The largest absolute Gasteiger partial charge is 0.270 e. The highest BCUT2D eigenvalue weighted by atomic mass is 32.2. The maximum absolute atomic E-state index is 11.1. The number of allylic oxidation sites excluding steroid dienone is 2. The summed E-state index contributed by atoms with van der Waals surface area (Å²) in [6, 6.07) is 0. The molecule has 0 aromatic heterocycles. The average Bonchev–Trinajstić information content (AvgIpc) is 2.81. The number of fused-ring (bicyclic) bond motifs is 2. The highest BCUT2D eigenvalue weighted by Crippen LogP contribution is 2.48. The number of hydrogen-bond donors (Lipinski definition) is 0. The summed E-state index contributed by atoms with van der Waals surface area (Å²) in [5.41, 5.74) is 0. The van der Waals surface area contributed by atoms with E-state index in [2.05, 4.69) is 12.2 Å². The van der Waals surface area contributed by atoms with Gasteiger partial charge in [-0.15, -0.1) is 0 Å². The van der Waals surface area contributed by atoms with E-state index in [-0.39, 0.29) is 36.9 Å². The lowest BCUT2D eigenvalue weighted by Gasteiger charge is -2.26. The SMILES string of the molecule is CS(=O)(=O)OCC1C2C=CC(C2)C1COS(C)(=O)=O. The Bertz CT molecular complexity index is 512. The topological polar surface area (TPSA) is 86.7 Å². The molecule has 2 bridgehead atoms. The highest BCUT2D eigenvalue weighted by Gasteiger charge is 2.45. The molecule has 0 aromatic rings. The van der Waals surface area contributed by atoms with E-state index in [1.54, 1.807) is 0 Å². The summed E-state index contributed by atoms with van der Waals surface area (Å²) in [7, 11) is -6.96. The van der Waals surface area contributed by atoms with Gasteiger partial charge in [-0.1, -0.05) is 12.2 Å². The summed E-state index contributed by atoms with van der Waals surface area (Å²) < 4.78 is 53.9. The fourth-order valence-corrected chi connectivity index (χ4v) is 3.73. The molecule has 0 saturated heterocycles. The Morgan fingerprint density at radius 1 is 0.895 bits per heavy atom. The van der Waals surface area contributed by atoms with Gasteiger partial charge in [0.05, 0.1) is 25.7 Å². The van der Waals surface area contributed by atoms with Crippen molar-refractivity contribution >= 4 is 20.2 Å². The van der Waals surface area contributed by atoms with Gasteiger partial charge in [0.1, 0.15) is 0 Å². The van der Waals surface area contributed by atoms with Crippen molar-refractivity contribution in [1.82, 2.24) is 0 Å². The fourth-order valence-electron chi connectivity index (χ4n) is 2.93. The molecule has 0 aliphatic heterocycles. The van der Waals surface area contributed by atoms with E-state index in [1.165, 1.54) is 0 Å². The molecule has 1 saturated carbocycles. The first-order chi connectivity index (χ1) is 8.66. The molecule has 4 unspecified atom stereocenters. The molecule has 1 fully saturated rings. The molecule has 0 radical (unpaired) electrons. The average molecular weight is 310 g/mol. The Morgan fingerprint density at radius 3 is 1.58 bits per heavy atom. The standard InChI is InChI=1S/C11H18O6S2/c1-18(12,13)16-6-10-8-3-4-9(5-8)11(10)7-17-19(2,14)15/h3-4,8-11H,5-7H2,1-2H3. The van der Waals surface area contributed by atoms with Crippen LogP contribution in [0, 0.1) is 23.7 Å². The molecule has 19 heavy (non-hydrogen) atoms. The van der Waals surface area contributed by atoms with Crippen molar-refractivity contribution in [1.29, 1.82) is 0 Å². The van der Waals surface area contributed by atoms with Crippen LogP contribution >= 0.6 is 0 Å². The van der Waals surface area contributed by atoms with Crippen molar-refractivity contribution in [2.45, 2.75) is 6.42 Å². The van der Waals surface area contributed by atoms with Crippen LogP contribution in [0.25, 0.3) is 0 Å². The highest BCUT2D eigenvalue weighted by molar-refractivity contribution is 7.86. The van der Waals surface area contributed by atoms with Gasteiger partial charge in [-0.05, 0) is 30.1 Å². The first kappa shape index (κ1) is 15.0. The Hall–Kier alpha value is -0.440. The maximum Gasteiger partial charge on any atom is 0.264 e. The summed E-state index contributed by atoms with van der Waals surface area (Å²) in [4.78, 5) is 0. The summed E-state index contributed by atoms with van der Waals surface area (Å²) in [6.45, 7) is 0.171. The predicted octanol–water partition coefficient (Wildman–Crippen LogP) is 0.377. The quantitative estimate of drug-likeness (QED) is 0.520. The lowest BCUT2D eigenvalue weighted by molar-refractivity contribution is 0.140. The third kappa shape index (κ3) is 4.01. The lowest BCUT2D eigenvalue weighted by Crippen LogP contribution is -2.29. The van der Waals surface area contributed by atoms with Gasteiger partial charge in [0.2, 0.25) is 0 Å². The van der Waals surface area contributed by atoms with Crippen molar-refractivity contribution in [2.75, 3.05) is 25.7 Å². The summed E-state index contributed by atoms with van der Waals surface area (Å²) in [5, 5.41) is 0. The molecular formula is C11H18O6S2. The Balaban J connectivity index is 2.01. The molecule has 0 aromatic carbocycles. The van der Waals surface area contributed by atoms with Gasteiger partial charge in [0.25, 0.3) is 20.2 Å². The van der Waals surface area contributed by atoms with Gasteiger partial charge in [0.15, 0.2) is 0 Å². The minimum atomic E-state index is -3.48. The van der Waals surface area contributed by atoms with Crippen molar-refractivity contribution < 1.29 is 25.2 Å². The zero-order valence-electron chi connectivity index (χ0n) is 10.9. The van der Waals surface area contributed by atoms with Gasteiger partial charge in [-0.25, -0.2) is 0 Å². The van der Waals surface area contributed by atoms with Crippen molar-refractivity contribution in [3.05, 3.63) is 12.2 Å². The molecule has 4 atom stereocenters. The second-order valence-electron chi connectivity index (χ2n) is 5.25. The lowest BCUT2D eigenvalue weighted by atomic mass is 9.84. The van der Waals surface area contributed by atoms with Gasteiger partial charge in [-0.2, -0.15) is 16.8 Å². The summed E-state index contributed by atoms with van der Waals surface area (Å²) in [6.07, 6.45) is 7.04. The molecule has 2 aliphatic rings. The van der Waals surface area contributed by atoms with Gasteiger partial charge in [-0.3, -0.25) is 8.37 Å².